The summed E-state index contributed by atoms with van der Waals surface area (Å²) in [7, 11) is 3.00. The molecule has 5 N–H and O–H groups in total. The molecule has 0 aliphatic heterocycles. The van der Waals surface area contributed by atoms with Crippen molar-refractivity contribution in [2.45, 2.75) is 0 Å². The summed E-state index contributed by atoms with van der Waals surface area (Å²) in [5, 5.41) is 2.76. The minimum absolute atomic E-state index is 0.278. The molecule has 0 saturated carbocycles. The van der Waals surface area contributed by atoms with Crippen LogP contribution in [0.15, 0.2) is 36.4 Å². The number of nitrogen functional groups attached to an aromatic ring is 2. The fourth-order valence-electron chi connectivity index (χ4n) is 1.85. The highest BCUT2D eigenvalue weighted by atomic mass is 16.5. The van der Waals surface area contributed by atoms with Gasteiger partial charge in [0, 0.05) is 23.4 Å². The van der Waals surface area contributed by atoms with Crippen LogP contribution in [0.5, 0.6) is 11.5 Å². The Hall–Kier alpha value is -2.89. The summed E-state index contributed by atoms with van der Waals surface area (Å²) in [5.41, 5.74) is 13.4. The second kappa shape index (κ2) is 6.04. The van der Waals surface area contributed by atoms with Gasteiger partial charge in [0.1, 0.15) is 11.5 Å². The summed E-state index contributed by atoms with van der Waals surface area (Å²) in [6.07, 6.45) is 0. The molecule has 2 rings (SSSR count). The first kappa shape index (κ1) is 14.5. The molecule has 0 atom stereocenters. The number of anilines is 3. The minimum atomic E-state index is -0.278. The van der Waals surface area contributed by atoms with Crippen LogP contribution in [-0.2, 0) is 0 Å². The van der Waals surface area contributed by atoms with Crippen LogP contribution in [0.3, 0.4) is 0 Å². The average molecular weight is 287 g/mol. The number of hydrogen-bond donors (Lipinski definition) is 3. The van der Waals surface area contributed by atoms with Crippen LogP contribution in [-0.4, -0.2) is 20.1 Å². The molecule has 6 nitrogen and oxygen atoms in total. The van der Waals surface area contributed by atoms with Gasteiger partial charge in [-0.2, -0.15) is 0 Å². The number of methoxy groups -OCH3 is 2. The number of rotatable bonds is 4. The maximum absolute atomic E-state index is 12.2. The van der Waals surface area contributed by atoms with Gasteiger partial charge in [-0.25, -0.2) is 0 Å². The molecule has 0 heterocycles. The molecule has 0 aliphatic rings. The summed E-state index contributed by atoms with van der Waals surface area (Å²) >= 11 is 0. The Morgan fingerprint density at radius 1 is 1.00 bits per heavy atom. The molecule has 2 aromatic carbocycles. The molecule has 110 valence electrons. The topological polar surface area (TPSA) is 99.6 Å². The van der Waals surface area contributed by atoms with Crippen LogP contribution in [0.4, 0.5) is 17.1 Å². The Morgan fingerprint density at radius 2 is 1.62 bits per heavy atom. The van der Waals surface area contributed by atoms with Gasteiger partial charge in [0.2, 0.25) is 0 Å². The largest absolute Gasteiger partial charge is 0.495 e. The van der Waals surface area contributed by atoms with E-state index in [4.69, 9.17) is 20.9 Å². The number of benzene rings is 2. The molecular formula is C15H17N3O3. The van der Waals surface area contributed by atoms with Crippen molar-refractivity contribution >= 4 is 23.0 Å². The van der Waals surface area contributed by atoms with Crippen molar-refractivity contribution < 1.29 is 14.3 Å². The summed E-state index contributed by atoms with van der Waals surface area (Å²) in [4.78, 5) is 12.2. The standard InChI is InChI=1S/C15H17N3O3/c1-20-13-8-12(14(21-2)7-11(13)17)18-15(19)9-3-5-10(16)6-4-9/h3-8H,16-17H2,1-2H3,(H,18,19). The summed E-state index contributed by atoms with van der Waals surface area (Å²) in [6, 6.07) is 9.82. The van der Waals surface area contributed by atoms with Crippen LogP contribution in [0.25, 0.3) is 0 Å². The van der Waals surface area contributed by atoms with Crippen molar-refractivity contribution in [2.24, 2.45) is 0 Å². The average Bonchev–Trinajstić information content (AvgIpc) is 2.49. The number of carbonyl (C=O) groups is 1. The quantitative estimate of drug-likeness (QED) is 0.748. The summed E-state index contributed by atoms with van der Waals surface area (Å²) in [6.45, 7) is 0. The summed E-state index contributed by atoms with van der Waals surface area (Å²) in [5.74, 6) is 0.639. The van der Waals surface area contributed by atoms with Crippen molar-refractivity contribution in [2.75, 3.05) is 31.0 Å². The third kappa shape index (κ3) is 3.17. The first-order chi connectivity index (χ1) is 10.0. The predicted octanol–water partition coefficient (Wildman–Crippen LogP) is 2.12. The highest BCUT2D eigenvalue weighted by Gasteiger charge is 2.13. The predicted molar refractivity (Wildman–Crippen MR) is 82.8 cm³/mol. The molecule has 0 radical (unpaired) electrons. The second-order valence-corrected chi connectivity index (χ2v) is 4.37. The van der Waals surface area contributed by atoms with Crippen molar-refractivity contribution in [3.8, 4) is 11.5 Å². The molecule has 2 aromatic rings. The lowest BCUT2D eigenvalue weighted by Crippen LogP contribution is -2.13. The van der Waals surface area contributed by atoms with E-state index in [2.05, 4.69) is 5.32 Å². The molecule has 0 unspecified atom stereocenters. The molecule has 0 fully saturated rings. The van der Waals surface area contributed by atoms with Crippen molar-refractivity contribution in [3.05, 3.63) is 42.0 Å². The fraction of sp³-hybridized carbons (Fsp3) is 0.133. The molecular weight excluding hydrogens is 270 g/mol. The maximum atomic E-state index is 12.2. The Balaban J connectivity index is 2.29. The van der Waals surface area contributed by atoms with Crippen LogP contribution in [0, 0.1) is 0 Å². The van der Waals surface area contributed by atoms with E-state index >= 15 is 0 Å². The lowest BCUT2D eigenvalue weighted by Gasteiger charge is -2.13. The zero-order chi connectivity index (χ0) is 15.4. The van der Waals surface area contributed by atoms with Gasteiger partial charge in [-0.05, 0) is 24.3 Å². The van der Waals surface area contributed by atoms with Crippen molar-refractivity contribution in [3.63, 3.8) is 0 Å². The van der Waals surface area contributed by atoms with Crippen LogP contribution in [0.1, 0.15) is 10.4 Å². The van der Waals surface area contributed by atoms with Gasteiger partial charge < -0.3 is 26.3 Å². The number of nitrogens with two attached hydrogens (primary N) is 2. The third-order valence-electron chi connectivity index (χ3n) is 2.97. The van der Waals surface area contributed by atoms with E-state index in [1.807, 2.05) is 0 Å². The number of nitrogens with one attached hydrogen (secondary N) is 1. The van der Waals surface area contributed by atoms with Gasteiger partial charge in [-0.15, -0.1) is 0 Å². The Bertz CT molecular complexity index is 654. The lowest BCUT2D eigenvalue weighted by molar-refractivity contribution is 0.102. The Labute approximate surface area is 122 Å². The molecule has 1 amide bonds. The lowest BCUT2D eigenvalue weighted by atomic mass is 10.2. The fourth-order valence-corrected chi connectivity index (χ4v) is 1.85. The monoisotopic (exact) mass is 287 g/mol. The molecule has 0 aliphatic carbocycles. The Kier molecular flexibility index (Phi) is 4.18. The molecule has 0 bridgehead atoms. The van der Waals surface area contributed by atoms with E-state index in [-0.39, 0.29) is 5.91 Å². The van der Waals surface area contributed by atoms with Crippen LogP contribution < -0.4 is 26.3 Å². The molecule has 0 aromatic heterocycles. The normalized spacial score (nSPS) is 10.0. The van der Waals surface area contributed by atoms with Crippen molar-refractivity contribution in [1.82, 2.24) is 0 Å². The van der Waals surface area contributed by atoms with E-state index in [1.165, 1.54) is 14.2 Å². The second-order valence-electron chi connectivity index (χ2n) is 4.37. The summed E-state index contributed by atoms with van der Waals surface area (Å²) < 4.78 is 10.4. The number of amides is 1. The van der Waals surface area contributed by atoms with Crippen LogP contribution >= 0.6 is 0 Å². The zero-order valence-corrected chi connectivity index (χ0v) is 11.8. The van der Waals surface area contributed by atoms with Gasteiger partial charge in [-0.3, -0.25) is 4.79 Å². The first-order valence-corrected chi connectivity index (χ1v) is 6.23. The van der Waals surface area contributed by atoms with Gasteiger partial charge >= 0.3 is 0 Å². The van der Waals surface area contributed by atoms with Gasteiger partial charge in [0.15, 0.2) is 0 Å². The number of carbonyl (C=O) groups excluding carboxylic acids is 1. The highest BCUT2D eigenvalue weighted by Crippen LogP contribution is 2.34. The number of hydrogen-bond acceptors (Lipinski definition) is 5. The molecule has 6 heteroatoms. The van der Waals surface area contributed by atoms with E-state index < -0.39 is 0 Å². The smallest absolute Gasteiger partial charge is 0.255 e. The van der Waals surface area contributed by atoms with Crippen LogP contribution in [0.2, 0.25) is 0 Å². The van der Waals surface area contributed by atoms with Gasteiger partial charge in [0.05, 0.1) is 25.6 Å². The highest BCUT2D eigenvalue weighted by molar-refractivity contribution is 6.05. The van der Waals surface area contributed by atoms with Crippen molar-refractivity contribution in [1.29, 1.82) is 0 Å². The maximum Gasteiger partial charge on any atom is 0.255 e. The van der Waals surface area contributed by atoms with E-state index in [0.29, 0.717) is 34.1 Å². The first-order valence-electron chi connectivity index (χ1n) is 6.23. The SMILES string of the molecule is COc1cc(NC(=O)c2ccc(N)cc2)c(OC)cc1N. The molecule has 0 spiro atoms. The molecule has 21 heavy (non-hydrogen) atoms. The van der Waals surface area contributed by atoms with Gasteiger partial charge in [0.25, 0.3) is 5.91 Å². The molecule has 0 saturated heterocycles. The number of ether oxygens (including phenoxy) is 2. The minimum Gasteiger partial charge on any atom is -0.495 e. The third-order valence-corrected chi connectivity index (χ3v) is 2.97. The zero-order valence-electron chi connectivity index (χ0n) is 11.8. The van der Waals surface area contributed by atoms with E-state index in [1.54, 1.807) is 36.4 Å². The van der Waals surface area contributed by atoms with Gasteiger partial charge in [-0.1, -0.05) is 0 Å². The van der Waals surface area contributed by atoms with E-state index in [9.17, 15) is 4.79 Å². The van der Waals surface area contributed by atoms with E-state index in [0.717, 1.165) is 0 Å². The Morgan fingerprint density at radius 3 is 2.19 bits per heavy atom.